The van der Waals surface area contributed by atoms with Crippen LogP contribution in [-0.2, 0) is 6.18 Å². The summed E-state index contributed by atoms with van der Waals surface area (Å²) in [5.41, 5.74) is -0.361. The van der Waals surface area contributed by atoms with Crippen molar-refractivity contribution < 1.29 is 17.7 Å². The second-order valence-electron chi connectivity index (χ2n) is 3.06. The van der Waals surface area contributed by atoms with Gasteiger partial charge in [-0.15, -0.1) is 0 Å². The molecule has 0 spiro atoms. The summed E-state index contributed by atoms with van der Waals surface area (Å²) in [7, 11) is 0. The SMILES string of the molecule is Cc1noc2ccc(Br)c(C(F)(F)F)c12. The van der Waals surface area contributed by atoms with Gasteiger partial charge >= 0.3 is 6.18 Å². The fraction of sp³-hybridized carbons (Fsp3) is 0.222. The van der Waals surface area contributed by atoms with Crippen molar-refractivity contribution in [3.8, 4) is 0 Å². The number of aryl methyl sites for hydroxylation is 1. The summed E-state index contributed by atoms with van der Waals surface area (Å²) in [6.07, 6.45) is -4.42. The average Bonchev–Trinajstić information content (AvgIpc) is 2.46. The van der Waals surface area contributed by atoms with Crippen LogP contribution in [0.4, 0.5) is 13.2 Å². The number of aromatic nitrogens is 1. The maximum absolute atomic E-state index is 12.7. The molecule has 0 atom stereocenters. The lowest BCUT2D eigenvalue weighted by atomic mass is 10.1. The summed E-state index contributed by atoms with van der Waals surface area (Å²) in [5.74, 6) is 0. The monoisotopic (exact) mass is 279 g/mol. The Bertz CT molecular complexity index is 518. The Morgan fingerprint density at radius 1 is 1.33 bits per heavy atom. The van der Waals surface area contributed by atoms with E-state index in [1.165, 1.54) is 19.1 Å². The van der Waals surface area contributed by atoms with Gasteiger partial charge in [-0.25, -0.2) is 0 Å². The van der Waals surface area contributed by atoms with E-state index in [-0.39, 0.29) is 21.1 Å². The van der Waals surface area contributed by atoms with Gasteiger partial charge in [0.05, 0.1) is 16.6 Å². The number of rotatable bonds is 0. The first kappa shape index (κ1) is 10.5. The third kappa shape index (κ3) is 1.62. The van der Waals surface area contributed by atoms with E-state index in [2.05, 4.69) is 21.1 Å². The van der Waals surface area contributed by atoms with Crippen molar-refractivity contribution in [3.63, 3.8) is 0 Å². The van der Waals surface area contributed by atoms with Crippen LogP contribution in [0, 0.1) is 6.92 Å². The van der Waals surface area contributed by atoms with Crippen LogP contribution in [0.2, 0.25) is 0 Å². The molecule has 80 valence electrons. The molecule has 0 aliphatic heterocycles. The molecule has 0 bridgehead atoms. The normalized spacial score (nSPS) is 12.3. The molecule has 0 fully saturated rings. The van der Waals surface area contributed by atoms with Crippen molar-refractivity contribution in [3.05, 3.63) is 27.9 Å². The molecule has 2 aromatic rings. The third-order valence-corrected chi connectivity index (χ3v) is 2.70. The van der Waals surface area contributed by atoms with Crippen LogP contribution in [-0.4, -0.2) is 5.16 Å². The van der Waals surface area contributed by atoms with Gasteiger partial charge in [-0.05, 0) is 19.1 Å². The van der Waals surface area contributed by atoms with Crippen LogP contribution in [0.1, 0.15) is 11.3 Å². The van der Waals surface area contributed by atoms with Crippen molar-refractivity contribution >= 4 is 26.9 Å². The molecule has 2 rings (SSSR count). The molecular formula is C9H5BrF3NO. The maximum atomic E-state index is 12.7. The second kappa shape index (κ2) is 3.23. The molecule has 0 saturated carbocycles. The lowest BCUT2D eigenvalue weighted by molar-refractivity contribution is -0.136. The number of hydrogen-bond acceptors (Lipinski definition) is 2. The summed E-state index contributed by atoms with van der Waals surface area (Å²) in [4.78, 5) is 0. The molecule has 1 heterocycles. The fourth-order valence-electron chi connectivity index (χ4n) is 1.43. The molecule has 1 aromatic heterocycles. The van der Waals surface area contributed by atoms with E-state index in [0.29, 0.717) is 0 Å². The minimum atomic E-state index is -4.42. The summed E-state index contributed by atoms with van der Waals surface area (Å²) in [6, 6.07) is 2.75. The molecule has 0 amide bonds. The smallest absolute Gasteiger partial charge is 0.356 e. The average molecular weight is 280 g/mol. The van der Waals surface area contributed by atoms with Gasteiger partial charge in [-0.3, -0.25) is 0 Å². The molecule has 0 unspecified atom stereocenters. The lowest BCUT2D eigenvalue weighted by Gasteiger charge is -2.09. The Kier molecular flexibility index (Phi) is 2.26. The van der Waals surface area contributed by atoms with E-state index >= 15 is 0 Å². The van der Waals surface area contributed by atoms with Gasteiger partial charge in [0.2, 0.25) is 0 Å². The molecule has 0 aliphatic rings. The largest absolute Gasteiger partial charge is 0.418 e. The van der Waals surface area contributed by atoms with Crippen molar-refractivity contribution in [2.45, 2.75) is 13.1 Å². The predicted octanol–water partition coefficient (Wildman–Crippen LogP) is 3.92. The summed E-state index contributed by atoms with van der Waals surface area (Å²) in [5, 5.41) is 3.53. The van der Waals surface area contributed by atoms with E-state index in [1.54, 1.807) is 0 Å². The zero-order valence-corrected chi connectivity index (χ0v) is 9.11. The number of nitrogens with zero attached hydrogens (tertiary/aromatic N) is 1. The van der Waals surface area contributed by atoms with Gasteiger partial charge in [-0.2, -0.15) is 13.2 Å². The number of hydrogen-bond donors (Lipinski definition) is 0. The van der Waals surface area contributed by atoms with Crippen molar-refractivity contribution in [1.29, 1.82) is 0 Å². The van der Waals surface area contributed by atoms with E-state index in [0.717, 1.165) is 0 Å². The molecule has 0 N–H and O–H groups in total. The van der Waals surface area contributed by atoms with Crippen LogP contribution in [0.15, 0.2) is 21.1 Å². The van der Waals surface area contributed by atoms with Gasteiger partial charge in [0.15, 0.2) is 5.58 Å². The van der Waals surface area contributed by atoms with Crippen molar-refractivity contribution in [2.24, 2.45) is 0 Å². The molecular weight excluding hydrogens is 275 g/mol. The highest BCUT2D eigenvalue weighted by Crippen LogP contribution is 2.40. The highest BCUT2D eigenvalue weighted by molar-refractivity contribution is 9.10. The number of benzene rings is 1. The highest BCUT2D eigenvalue weighted by atomic mass is 79.9. The first-order valence-electron chi connectivity index (χ1n) is 4.03. The first-order chi connectivity index (χ1) is 6.91. The van der Waals surface area contributed by atoms with E-state index < -0.39 is 11.7 Å². The molecule has 6 heteroatoms. The van der Waals surface area contributed by atoms with Crippen LogP contribution in [0.5, 0.6) is 0 Å². The summed E-state index contributed by atoms with van der Waals surface area (Å²) in [6.45, 7) is 1.48. The summed E-state index contributed by atoms with van der Waals surface area (Å²) < 4.78 is 43.0. The fourth-order valence-corrected chi connectivity index (χ4v) is 1.99. The molecule has 2 nitrogen and oxygen atoms in total. The highest BCUT2D eigenvalue weighted by Gasteiger charge is 2.36. The number of halogens is 4. The van der Waals surface area contributed by atoms with Crippen molar-refractivity contribution in [2.75, 3.05) is 0 Å². The van der Waals surface area contributed by atoms with E-state index in [4.69, 9.17) is 4.52 Å². The Balaban J connectivity index is 2.90. The third-order valence-electron chi connectivity index (χ3n) is 2.04. The van der Waals surface area contributed by atoms with Crippen LogP contribution < -0.4 is 0 Å². The molecule has 15 heavy (non-hydrogen) atoms. The molecule has 0 aliphatic carbocycles. The standard InChI is InChI=1S/C9H5BrF3NO/c1-4-7-6(15-14-4)3-2-5(10)8(7)9(11,12)13/h2-3H,1H3. The minimum Gasteiger partial charge on any atom is -0.356 e. The summed E-state index contributed by atoms with van der Waals surface area (Å²) >= 11 is 2.88. The van der Waals surface area contributed by atoms with Gasteiger partial charge in [-0.1, -0.05) is 21.1 Å². The molecule has 0 radical (unpaired) electrons. The molecule has 0 saturated heterocycles. The maximum Gasteiger partial charge on any atom is 0.418 e. The Morgan fingerprint density at radius 3 is 2.60 bits per heavy atom. The van der Waals surface area contributed by atoms with E-state index in [1.807, 2.05) is 0 Å². The van der Waals surface area contributed by atoms with Crippen LogP contribution >= 0.6 is 15.9 Å². The molecule has 1 aromatic carbocycles. The van der Waals surface area contributed by atoms with Gasteiger partial charge < -0.3 is 4.52 Å². The van der Waals surface area contributed by atoms with Gasteiger partial charge in [0.1, 0.15) is 0 Å². The zero-order valence-electron chi connectivity index (χ0n) is 7.52. The van der Waals surface area contributed by atoms with Crippen molar-refractivity contribution in [1.82, 2.24) is 5.16 Å². The number of fused-ring (bicyclic) bond motifs is 1. The van der Waals surface area contributed by atoms with E-state index in [9.17, 15) is 13.2 Å². The zero-order chi connectivity index (χ0) is 11.2. The van der Waals surface area contributed by atoms with Crippen LogP contribution in [0.3, 0.4) is 0 Å². The topological polar surface area (TPSA) is 26.0 Å². The van der Waals surface area contributed by atoms with Gasteiger partial charge in [0, 0.05) is 4.47 Å². The quantitative estimate of drug-likeness (QED) is 0.731. The lowest BCUT2D eigenvalue weighted by Crippen LogP contribution is -2.07. The minimum absolute atomic E-state index is 0.00574. The van der Waals surface area contributed by atoms with Crippen LogP contribution in [0.25, 0.3) is 11.0 Å². The Hall–Kier alpha value is -1.04. The van der Waals surface area contributed by atoms with Gasteiger partial charge in [0.25, 0.3) is 0 Å². The Morgan fingerprint density at radius 2 is 2.00 bits per heavy atom. The first-order valence-corrected chi connectivity index (χ1v) is 4.82. The predicted molar refractivity (Wildman–Crippen MR) is 51.4 cm³/mol. The number of alkyl halides is 3. The second-order valence-corrected chi connectivity index (χ2v) is 3.92. The Labute approximate surface area is 91.2 Å².